The number of aryl methyl sites for hydroxylation is 2. The van der Waals surface area contributed by atoms with Crippen LogP contribution in [0.4, 0.5) is 26.7 Å². The van der Waals surface area contributed by atoms with Gasteiger partial charge < -0.3 is 0 Å². The average Bonchev–Trinajstić information content (AvgIpc) is 3.34. The minimum absolute atomic E-state index is 0.190. The van der Waals surface area contributed by atoms with Crippen molar-refractivity contribution >= 4 is 43.7 Å². The number of halogens is 1. The zero-order valence-electron chi connectivity index (χ0n) is 16.1. The number of rotatable bonds is 6. The second kappa shape index (κ2) is 7.88. The molecule has 10 heteroatoms. The van der Waals surface area contributed by atoms with Gasteiger partial charge in [0.2, 0.25) is 0 Å². The van der Waals surface area contributed by atoms with Gasteiger partial charge >= 0.3 is 0 Å². The van der Waals surface area contributed by atoms with E-state index < -0.39 is 20.7 Å². The number of sulfonamides is 1. The summed E-state index contributed by atoms with van der Waals surface area (Å²) in [6.07, 6.45) is 3.14. The molecule has 0 spiro atoms. The van der Waals surface area contributed by atoms with Gasteiger partial charge in [0.25, 0.3) is 10.0 Å². The van der Waals surface area contributed by atoms with Crippen LogP contribution in [0.1, 0.15) is 10.4 Å². The van der Waals surface area contributed by atoms with E-state index in [1.165, 1.54) is 23.5 Å². The molecule has 2 N–H and O–H groups in total. The number of hydrogen-bond donors (Lipinski definition) is 2. The Morgan fingerprint density at radius 2 is 1.90 bits per heavy atom. The van der Waals surface area contributed by atoms with Gasteiger partial charge in [0.1, 0.15) is 16.5 Å². The molecule has 0 fully saturated rings. The third-order valence-electron chi connectivity index (χ3n) is 4.29. The first-order chi connectivity index (χ1) is 14.3. The van der Waals surface area contributed by atoms with Crippen LogP contribution in [0.15, 0.2) is 65.8 Å². The predicted molar refractivity (Wildman–Crippen MR) is 116 cm³/mol. The van der Waals surface area contributed by atoms with Crippen LogP contribution in [0.25, 0.3) is 0 Å². The molecule has 0 saturated heterocycles. The third-order valence-corrected chi connectivity index (χ3v) is 6.62. The van der Waals surface area contributed by atoms with Crippen LogP contribution in [0.3, 0.4) is 0 Å². The molecule has 2 aromatic carbocycles. The highest BCUT2D eigenvalue weighted by molar-refractivity contribution is 7.93. The molecule has 0 bridgehead atoms. The Morgan fingerprint density at radius 1 is 1.10 bits per heavy atom. The molecule has 0 aliphatic rings. The molecule has 4 rings (SSSR count). The van der Waals surface area contributed by atoms with Crippen molar-refractivity contribution in [1.82, 2.24) is 15.2 Å². The monoisotopic (exact) mass is 443 g/mol. The van der Waals surface area contributed by atoms with Gasteiger partial charge in [-0.05, 0) is 49.7 Å². The van der Waals surface area contributed by atoms with Crippen molar-refractivity contribution in [2.24, 2.45) is 0 Å². The molecular formula is C20H18FN5O2S2. The van der Waals surface area contributed by atoms with E-state index in [4.69, 9.17) is 0 Å². The lowest BCUT2D eigenvalue weighted by atomic mass is 10.2. The Kier molecular flexibility index (Phi) is 5.27. The van der Waals surface area contributed by atoms with Gasteiger partial charge in [0.05, 0.1) is 11.9 Å². The first kappa shape index (κ1) is 20.0. The molecule has 0 atom stereocenters. The fourth-order valence-corrected chi connectivity index (χ4v) is 4.95. The molecule has 2 aromatic heterocycles. The van der Waals surface area contributed by atoms with Gasteiger partial charge in [-0.1, -0.05) is 12.1 Å². The molecule has 0 saturated carbocycles. The number of anilines is 4. The van der Waals surface area contributed by atoms with E-state index in [0.29, 0.717) is 11.5 Å². The largest absolute Gasteiger partial charge is 0.295 e. The number of aromatic amines is 1. The van der Waals surface area contributed by atoms with Crippen LogP contribution in [0.5, 0.6) is 0 Å². The number of hydrogen-bond acceptors (Lipinski definition) is 6. The van der Waals surface area contributed by atoms with Gasteiger partial charge in [-0.2, -0.15) is 5.10 Å². The Bertz CT molecular complexity index is 1290. The Morgan fingerprint density at radius 3 is 2.53 bits per heavy atom. The molecule has 0 amide bonds. The summed E-state index contributed by atoms with van der Waals surface area (Å²) in [5, 5.41) is 7.03. The van der Waals surface area contributed by atoms with Crippen molar-refractivity contribution in [1.29, 1.82) is 0 Å². The molecule has 0 aliphatic heterocycles. The molecule has 0 radical (unpaired) electrons. The summed E-state index contributed by atoms with van der Waals surface area (Å²) in [6.45, 7) is 3.76. The quantitative estimate of drug-likeness (QED) is 0.443. The first-order valence-corrected chi connectivity index (χ1v) is 11.2. The summed E-state index contributed by atoms with van der Waals surface area (Å²) in [6, 6.07) is 13.4. The Balaban J connectivity index is 1.73. The van der Waals surface area contributed by atoms with E-state index in [9.17, 15) is 12.8 Å². The zero-order valence-corrected chi connectivity index (χ0v) is 17.8. The maximum Gasteiger partial charge on any atom is 0.266 e. The van der Waals surface area contributed by atoms with Crippen molar-refractivity contribution in [2.45, 2.75) is 18.7 Å². The molecule has 154 valence electrons. The lowest BCUT2D eigenvalue weighted by molar-refractivity contribution is 0.570. The lowest BCUT2D eigenvalue weighted by Gasteiger charge is -2.24. The fourth-order valence-electron chi connectivity index (χ4n) is 2.99. The highest BCUT2D eigenvalue weighted by atomic mass is 32.2. The van der Waals surface area contributed by atoms with E-state index in [2.05, 4.69) is 19.9 Å². The number of nitrogens with one attached hydrogen (secondary N) is 2. The minimum Gasteiger partial charge on any atom is -0.295 e. The van der Waals surface area contributed by atoms with Crippen LogP contribution in [-0.4, -0.2) is 23.6 Å². The van der Waals surface area contributed by atoms with Gasteiger partial charge in [0.15, 0.2) is 5.13 Å². The molecular weight excluding hydrogens is 425 g/mol. The van der Waals surface area contributed by atoms with E-state index in [1.54, 1.807) is 36.4 Å². The summed E-state index contributed by atoms with van der Waals surface area (Å²) >= 11 is 1.18. The maximum atomic E-state index is 15.0. The highest BCUT2D eigenvalue weighted by Crippen LogP contribution is 2.35. The van der Waals surface area contributed by atoms with Crippen molar-refractivity contribution in [2.75, 3.05) is 9.62 Å². The fraction of sp³-hybridized carbons (Fsp3) is 0.100. The Hall–Kier alpha value is -3.24. The average molecular weight is 444 g/mol. The maximum absolute atomic E-state index is 15.0. The van der Waals surface area contributed by atoms with Crippen LogP contribution in [0, 0.1) is 19.7 Å². The predicted octanol–water partition coefficient (Wildman–Crippen LogP) is 4.89. The summed E-state index contributed by atoms with van der Waals surface area (Å²) in [7, 11) is -4.11. The molecule has 2 heterocycles. The SMILES string of the molecule is Cc1cccc(N(c2ccc(S(=O)(=O)Nc3ncc(C)s3)c(F)c2)c2ccn[nH]2)c1. The van der Waals surface area contributed by atoms with Crippen LogP contribution in [0.2, 0.25) is 0 Å². The summed E-state index contributed by atoms with van der Waals surface area (Å²) in [4.78, 5) is 6.12. The number of thiazole rings is 1. The van der Waals surface area contributed by atoms with Crippen molar-refractivity contribution in [3.05, 3.63) is 77.2 Å². The van der Waals surface area contributed by atoms with E-state index in [1.807, 2.05) is 31.2 Å². The number of aromatic nitrogens is 3. The summed E-state index contributed by atoms with van der Waals surface area (Å²) in [5.41, 5.74) is 2.26. The van der Waals surface area contributed by atoms with Crippen molar-refractivity contribution in [3.8, 4) is 0 Å². The van der Waals surface area contributed by atoms with Gasteiger partial charge in [-0.25, -0.2) is 17.8 Å². The molecule has 7 nitrogen and oxygen atoms in total. The smallest absolute Gasteiger partial charge is 0.266 e. The highest BCUT2D eigenvalue weighted by Gasteiger charge is 2.23. The van der Waals surface area contributed by atoms with Crippen LogP contribution >= 0.6 is 11.3 Å². The molecule has 0 unspecified atom stereocenters. The van der Waals surface area contributed by atoms with Gasteiger partial charge in [-0.3, -0.25) is 14.7 Å². The second-order valence-electron chi connectivity index (χ2n) is 6.61. The van der Waals surface area contributed by atoms with Crippen LogP contribution < -0.4 is 9.62 Å². The van der Waals surface area contributed by atoms with Crippen LogP contribution in [-0.2, 0) is 10.0 Å². The van der Waals surface area contributed by atoms with Crippen molar-refractivity contribution in [3.63, 3.8) is 0 Å². The van der Waals surface area contributed by atoms with Gasteiger partial charge in [-0.15, -0.1) is 11.3 Å². The number of benzene rings is 2. The summed E-state index contributed by atoms with van der Waals surface area (Å²) in [5.74, 6) is -0.252. The summed E-state index contributed by atoms with van der Waals surface area (Å²) < 4.78 is 42.6. The number of nitrogens with zero attached hydrogens (tertiary/aromatic N) is 3. The Labute approximate surface area is 177 Å². The zero-order chi connectivity index (χ0) is 21.3. The lowest BCUT2D eigenvalue weighted by Crippen LogP contribution is -2.16. The van der Waals surface area contributed by atoms with E-state index in [0.717, 1.165) is 16.1 Å². The second-order valence-corrected chi connectivity index (χ2v) is 9.50. The number of H-pyrrole nitrogens is 1. The molecule has 30 heavy (non-hydrogen) atoms. The normalized spacial score (nSPS) is 11.4. The standard InChI is InChI=1S/C20H18FN5O2S2/c1-13-4-3-5-15(10-13)26(19-8-9-23-24-19)16-6-7-18(17(21)11-16)30(27,28)25-20-22-12-14(2)29-20/h3-12H,1-2H3,(H,22,25)(H,23,24). The van der Waals surface area contributed by atoms with E-state index >= 15 is 0 Å². The first-order valence-electron chi connectivity index (χ1n) is 8.94. The topological polar surface area (TPSA) is 91.0 Å². The molecule has 0 aliphatic carbocycles. The van der Waals surface area contributed by atoms with Gasteiger partial charge in [0, 0.05) is 22.8 Å². The van der Waals surface area contributed by atoms with E-state index in [-0.39, 0.29) is 5.13 Å². The molecule has 4 aromatic rings. The third kappa shape index (κ3) is 4.05. The minimum atomic E-state index is -4.11. The van der Waals surface area contributed by atoms with Crippen molar-refractivity contribution < 1.29 is 12.8 Å².